The maximum absolute atomic E-state index is 11.9. The maximum atomic E-state index is 11.9. The summed E-state index contributed by atoms with van der Waals surface area (Å²) in [7, 11) is 0. The van der Waals surface area contributed by atoms with Crippen molar-refractivity contribution in [3.63, 3.8) is 0 Å². The topological polar surface area (TPSA) is 48.0 Å². The van der Waals surface area contributed by atoms with Crippen molar-refractivity contribution in [1.82, 2.24) is 4.90 Å². The lowest BCUT2D eigenvalue weighted by atomic mass is 10.2. The van der Waals surface area contributed by atoms with Crippen LogP contribution in [0, 0.1) is 0 Å². The van der Waals surface area contributed by atoms with Gasteiger partial charge in [0, 0.05) is 6.54 Å². The second-order valence-corrected chi connectivity index (χ2v) is 4.67. The first-order chi connectivity index (χ1) is 7.44. The van der Waals surface area contributed by atoms with Gasteiger partial charge in [0.2, 0.25) is 0 Å². The van der Waals surface area contributed by atoms with Gasteiger partial charge in [-0.05, 0) is 27.7 Å². The molecule has 5 heteroatoms. The van der Waals surface area contributed by atoms with Crippen LogP contribution in [0.2, 0.25) is 0 Å². The Balaban J connectivity index is 2.55. The molecule has 0 aromatic carbocycles. The van der Waals surface area contributed by atoms with Crippen molar-refractivity contribution < 1.29 is 19.0 Å². The molecule has 1 rings (SSSR count). The van der Waals surface area contributed by atoms with E-state index in [-0.39, 0.29) is 12.3 Å². The molecule has 1 fully saturated rings. The zero-order valence-electron chi connectivity index (χ0n) is 10.5. The molecule has 0 N–H and O–H groups in total. The van der Waals surface area contributed by atoms with Gasteiger partial charge in [-0.25, -0.2) is 4.79 Å². The standard InChI is InChI=1S/C11H21NO4/c1-5-12(9-8-14-6-7-15-9)10(13)16-11(2,3)4/h9H,5-8H2,1-4H3. The summed E-state index contributed by atoms with van der Waals surface area (Å²) in [6.07, 6.45) is -0.681. The van der Waals surface area contributed by atoms with Crippen molar-refractivity contribution in [2.24, 2.45) is 0 Å². The largest absolute Gasteiger partial charge is 0.444 e. The Hall–Kier alpha value is -0.810. The van der Waals surface area contributed by atoms with Gasteiger partial charge in [0.15, 0.2) is 6.23 Å². The SMILES string of the molecule is CCN(C(=O)OC(C)(C)C)C1COCCO1. The summed E-state index contributed by atoms with van der Waals surface area (Å²) in [6, 6.07) is 0. The van der Waals surface area contributed by atoms with Crippen molar-refractivity contribution in [1.29, 1.82) is 0 Å². The summed E-state index contributed by atoms with van der Waals surface area (Å²) in [5.74, 6) is 0. The highest BCUT2D eigenvalue weighted by Gasteiger charge is 2.29. The van der Waals surface area contributed by atoms with E-state index >= 15 is 0 Å². The van der Waals surface area contributed by atoms with E-state index in [0.717, 1.165) is 0 Å². The number of rotatable bonds is 2. The van der Waals surface area contributed by atoms with Gasteiger partial charge in [-0.15, -0.1) is 0 Å². The van der Waals surface area contributed by atoms with Crippen LogP contribution < -0.4 is 0 Å². The first kappa shape index (κ1) is 13.3. The average molecular weight is 231 g/mol. The first-order valence-electron chi connectivity index (χ1n) is 5.63. The van der Waals surface area contributed by atoms with Gasteiger partial charge in [0.25, 0.3) is 0 Å². The molecule has 1 saturated heterocycles. The molecule has 0 radical (unpaired) electrons. The Labute approximate surface area is 96.6 Å². The van der Waals surface area contributed by atoms with Crippen molar-refractivity contribution in [3.05, 3.63) is 0 Å². The van der Waals surface area contributed by atoms with Crippen molar-refractivity contribution in [2.45, 2.75) is 39.5 Å². The predicted molar refractivity (Wildman–Crippen MR) is 59.2 cm³/mol. The summed E-state index contributed by atoms with van der Waals surface area (Å²) in [5.41, 5.74) is -0.486. The van der Waals surface area contributed by atoms with E-state index in [1.807, 2.05) is 27.7 Å². The molecule has 1 aliphatic heterocycles. The minimum atomic E-state index is -0.486. The van der Waals surface area contributed by atoms with Gasteiger partial charge in [-0.3, -0.25) is 4.90 Å². The number of hydrogen-bond donors (Lipinski definition) is 0. The Bertz CT molecular complexity index is 231. The van der Waals surface area contributed by atoms with Gasteiger partial charge in [-0.1, -0.05) is 0 Å². The molecule has 5 nitrogen and oxygen atoms in total. The number of likely N-dealkylation sites (N-methyl/N-ethyl adjacent to an activating group) is 1. The molecular weight excluding hydrogens is 210 g/mol. The first-order valence-corrected chi connectivity index (χ1v) is 5.63. The molecule has 0 aromatic rings. The van der Waals surface area contributed by atoms with E-state index in [1.54, 1.807) is 4.90 Å². The van der Waals surface area contributed by atoms with E-state index in [0.29, 0.717) is 26.4 Å². The third-order valence-electron chi connectivity index (χ3n) is 2.11. The van der Waals surface area contributed by atoms with E-state index in [4.69, 9.17) is 14.2 Å². The molecular formula is C11H21NO4. The minimum absolute atomic E-state index is 0.325. The smallest absolute Gasteiger partial charge is 0.412 e. The van der Waals surface area contributed by atoms with Crippen molar-refractivity contribution >= 4 is 6.09 Å². The number of nitrogens with zero attached hydrogens (tertiary/aromatic N) is 1. The van der Waals surface area contributed by atoms with Crippen LogP contribution >= 0.6 is 0 Å². The molecule has 1 heterocycles. The van der Waals surface area contributed by atoms with Crippen molar-refractivity contribution in [2.75, 3.05) is 26.4 Å². The zero-order valence-corrected chi connectivity index (χ0v) is 10.5. The third-order valence-corrected chi connectivity index (χ3v) is 2.11. The van der Waals surface area contributed by atoms with Crippen LogP contribution in [0.1, 0.15) is 27.7 Å². The van der Waals surface area contributed by atoms with Crippen molar-refractivity contribution in [3.8, 4) is 0 Å². The Morgan fingerprint density at radius 2 is 2.12 bits per heavy atom. The van der Waals surface area contributed by atoms with Crippen LogP contribution in [0.25, 0.3) is 0 Å². The van der Waals surface area contributed by atoms with Crippen LogP contribution in [0.15, 0.2) is 0 Å². The van der Waals surface area contributed by atoms with E-state index in [9.17, 15) is 4.79 Å². The van der Waals surface area contributed by atoms with Crippen LogP contribution in [0.3, 0.4) is 0 Å². The molecule has 0 aromatic heterocycles. The lowest BCUT2D eigenvalue weighted by Crippen LogP contribution is -2.48. The van der Waals surface area contributed by atoms with Crippen LogP contribution in [0.5, 0.6) is 0 Å². The number of amides is 1. The molecule has 1 aliphatic rings. The molecule has 1 amide bonds. The number of carbonyl (C=O) groups excluding carboxylic acids is 1. The van der Waals surface area contributed by atoms with Gasteiger partial charge < -0.3 is 14.2 Å². The zero-order chi connectivity index (χ0) is 12.2. The Morgan fingerprint density at radius 3 is 2.56 bits per heavy atom. The Kier molecular flexibility index (Phi) is 4.56. The van der Waals surface area contributed by atoms with Crippen LogP contribution in [-0.4, -0.2) is 49.2 Å². The van der Waals surface area contributed by atoms with Gasteiger partial charge in [0.05, 0.1) is 19.8 Å². The molecule has 0 saturated carbocycles. The lowest BCUT2D eigenvalue weighted by molar-refractivity contribution is -0.148. The number of ether oxygens (including phenoxy) is 3. The molecule has 0 spiro atoms. The summed E-state index contributed by atoms with van der Waals surface area (Å²) in [4.78, 5) is 13.4. The summed E-state index contributed by atoms with van der Waals surface area (Å²) in [6.45, 7) is 9.48. The second-order valence-electron chi connectivity index (χ2n) is 4.67. The van der Waals surface area contributed by atoms with Crippen LogP contribution in [0.4, 0.5) is 4.79 Å². The van der Waals surface area contributed by atoms with Gasteiger partial charge >= 0.3 is 6.09 Å². The fraction of sp³-hybridized carbons (Fsp3) is 0.909. The summed E-state index contributed by atoms with van der Waals surface area (Å²) in [5, 5.41) is 0. The van der Waals surface area contributed by atoms with Gasteiger partial charge in [-0.2, -0.15) is 0 Å². The quantitative estimate of drug-likeness (QED) is 0.724. The maximum Gasteiger partial charge on any atom is 0.412 e. The minimum Gasteiger partial charge on any atom is -0.444 e. The molecule has 16 heavy (non-hydrogen) atoms. The summed E-state index contributed by atoms with van der Waals surface area (Å²) < 4.78 is 16.0. The molecule has 94 valence electrons. The Morgan fingerprint density at radius 1 is 1.44 bits per heavy atom. The fourth-order valence-electron chi connectivity index (χ4n) is 1.43. The van der Waals surface area contributed by atoms with E-state index in [1.165, 1.54) is 0 Å². The van der Waals surface area contributed by atoms with Gasteiger partial charge in [0.1, 0.15) is 5.60 Å². The van der Waals surface area contributed by atoms with Crippen LogP contribution in [-0.2, 0) is 14.2 Å². The highest BCUT2D eigenvalue weighted by atomic mass is 16.6. The second kappa shape index (κ2) is 5.50. The monoisotopic (exact) mass is 231 g/mol. The molecule has 1 atom stereocenters. The number of carbonyl (C=O) groups is 1. The normalized spacial score (nSPS) is 21.6. The number of hydrogen-bond acceptors (Lipinski definition) is 4. The lowest BCUT2D eigenvalue weighted by Gasteiger charge is -2.34. The predicted octanol–water partition coefficient (Wildman–Crippen LogP) is 1.62. The highest BCUT2D eigenvalue weighted by molar-refractivity contribution is 5.68. The molecule has 1 unspecified atom stereocenters. The highest BCUT2D eigenvalue weighted by Crippen LogP contribution is 2.14. The fourth-order valence-corrected chi connectivity index (χ4v) is 1.43. The molecule has 0 bridgehead atoms. The summed E-state index contributed by atoms with van der Waals surface area (Å²) >= 11 is 0. The van der Waals surface area contributed by atoms with E-state index in [2.05, 4.69) is 0 Å². The molecule has 0 aliphatic carbocycles. The third kappa shape index (κ3) is 3.98. The van der Waals surface area contributed by atoms with E-state index < -0.39 is 5.60 Å². The average Bonchev–Trinajstić information content (AvgIpc) is 2.17.